The van der Waals surface area contributed by atoms with Gasteiger partial charge in [0.05, 0.1) is 22.4 Å². The molecule has 9 heteroatoms. The molecular formula is C34H33FN4O4. The van der Waals surface area contributed by atoms with E-state index in [1.807, 2.05) is 44.2 Å². The van der Waals surface area contributed by atoms with Crippen molar-refractivity contribution in [2.75, 3.05) is 23.9 Å². The molecule has 1 heterocycles. The molecule has 5 rings (SSSR count). The minimum Gasteiger partial charge on any atom is -0.386 e. The summed E-state index contributed by atoms with van der Waals surface area (Å²) >= 11 is 0. The number of anilines is 2. The number of hydrogen-bond donors (Lipinski definition) is 3. The molecule has 0 saturated heterocycles. The van der Waals surface area contributed by atoms with Crippen LogP contribution in [0.3, 0.4) is 0 Å². The number of primary amides is 1. The van der Waals surface area contributed by atoms with Gasteiger partial charge in [-0.15, -0.1) is 0 Å². The largest absolute Gasteiger partial charge is 0.386 e. The van der Waals surface area contributed by atoms with E-state index in [0.717, 1.165) is 43.4 Å². The molecule has 4 aromatic carbocycles. The fraction of sp³-hybridized carbons (Fsp3) is 0.206. The lowest BCUT2D eigenvalue weighted by Crippen LogP contribution is -2.40. The number of rotatable bonds is 6. The number of amides is 3. The van der Waals surface area contributed by atoms with Gasteiger partial charge in [-0.3, -0.25) is 19.4 Å². The predicted molar refractivity (Wildman–Crippen MR) is 168 cm³/mol. The zero-order valence-corrected chi connectivity index (χ0v) is 24.9. The van der Waals surface area contributed by atoms with E-state index in [9.17, 15) is 23.9 Å². The SMILES string of the molecule is Cc1cc(C(N)=O)c2[nH]c3cc(C(C)(C)O)ccc3c2c1-c1cccc(N(C)C(=O)N(C)c2c(F)cccc2C=O)c1C. The number of carbonyl (C=O) groups is 3. The van der Waals surface area contributed by atoms with Gasteiger partial charge in [-0.1, -0.05) is 30.3 Å². The van der Waals surface area contributed by atoms with Gasteiger partial charge in [-0.05, 0) is 85.8 Å². The molecule has 0 bridgehead atoms. The number of aromatic nitrogens is 1. The fourth-order valence-electron chi connectivity index (χ4n) is 5.80. The smallest absolute Gasteiger partial charge is 0.328 e. The lowest BCUT2D eigenvalue weighted by molar-refractivity contribution is 0.0787. The van der Waals surface area contributed by atoms with Crippen molar-refractivity contribution < 1.29 is 23.9 Å². The van der Waals surface area contributed by atoms with Crippen molar-refractivity contribution in [1.29, 1.82) is 0 Å². The molecule has 0 atom stereocenters. The van der Waals surface area contributed by atoms with Crippen molar-refractivity contribution in [3.63, 3.8) is 0 Å². The minimum absolute atomic E-state index is 0.0642. The second-order valence-electron chi connectivity index (χ2n) is 11.3. The summed E-state index contributed by atoms with van der Waals surface area (Å²) < 4.78 is 14.7. The molecule has 0 saturated carbocycles. The van der Waals surface area contributed by atoms with Crippen LogP contribution in [0.5, 0.6) is 0 Å². The van der Waals surface area contributed by atoms with E-state index in [1.165, 1.54) is 30.1 Å². The normalized spacial score (nSPS) is 11.6. The van der Waals surface area contributed by atoms with Crippen molar-refractivity contribution in [1.82, 2.24) is 4.98 Å². The Labute approximate surface area is 248 Å². The highest BCUT2D eigenvalue weighted by Gasteiger charge is 2.26. The monoisotopic (exact) mass is 580 g/mol. The summed E-state index contributed by atoms with van der Waals surface area (Å²) in [6, 6.07) is 16.5. The molecule has 43 heavy (non-hydrogen) atoms. The van der Waals surface area contributed by atoms with Crippen LogP contribution in [0.15, 0.2) is 60.7 Å². The first-order valence-electron chi connectivity index (χ1n) is 13.7. The third-order valence-corrected chi connectivity index (χ3v) is 8.04. The number of aryl methyl sites for hydroxylation is 1. The maximum atomic E-state index is 14.7. The molecule has 0 aliphatic heterocycles. The van der Waals surface area contributed by atoms with E-state index >= 15 is 0 Å². The van der Waals surface area contributed by atoms with E-state index in [1.54, 1.807) is 33.0 Å². The van der Waals surface area contributed by atoms with Gasteiger partial charge in [0.1, 0.15) is 5.82 Å². The Bertz CT molecular complexity index is 1950. The molecule has 0 fully saturated rings. The number of fused-ring (bicyclic) bond motifs is 3. The highest BCUT2D eigenvalue weighted by atomic mass is 19.1. The van der Waals surface area contributed by atoms with Crippen LogP contribution in [-0.2, 0) is 5.60 Å². The zero-order chi connectivity index (χ0) is 31.4. The zero-order valence-electron chi connectivity index (χ0n) is 24.9. The molecule has 0 aliphatic rings. The molecule has 0 unspecified atom stereocenters. The predicted octanol–water partition coefficient (Wildman–Crippen LogP) is 6.58. The molecular weight excluding hydrogens is 547 g/mol. The van der Waals surface area contributed by atoms with E-state index in [-0.39, 0.29) is 11.3 Å². The van der Waals surface area contributed by atoms with Crippen molar-refractivity contribution in [2.45, 2.75) is 33.3 Å². The maximum absolute atomic E-state index is 14.7. The van der Waals surface area contributed by atoms with Crippen molar-refractivity contribution >= 4 is 51.4 Å². The number of aliphatic hydroxyl groups is 1. The topological polar surface area (TPSA) is 120 Å². The number of carbonyl (C=O) groups excluding carboxylic acids is 3. The average molecular weight is 581 g/mol. The number of benzene rings is 4. The number of halogens is 1. The second-order valence-corrected chi connectivity index (χ2v) is 11.3. The number of aromatic amines is 1. The van der Waals surface area contributed by atoms with Crippen molar-refractivity contribution in [2.24, 2.45) is 5.73 Å². The first kappa shape index (κ1) is 29.5. The number of aldehydes is 1. The Morgan fingerprint density at radius 2 is 1.70 bits per heavy atom. The highest BCUT2D eigenvalue weighted by molar-refractivity contribution is 6.21. The second kappa shape index (κ2) is 10.7. The first-order chi connectivity index (χ1) is 20.3. The number of H-pyrrole nitrogens is 1. The molecule has 0 spiro atoms. The van der Waals surface area contributed by atoms with E-state index in [0.29, 0.717) is 28.6 Å². The van der Waals surface area contributed by atoms with E-state index in [2.05, 4.69) is 4.98 Å². The van der Waals surface area contributed by atoms with Gasteiger partial charge in [-0.25, -0.2) is 9.18 Å². The molecule has 3 amide bonds. The number of hydrogen-bond acceptors (Lipinski definition) is 4. The van der Waals surface area contributed by atoms with E-state index in [4.69, 9.17) is 5.73 Å². The fourth-order valence-corrected chi connectivity index (χ4v) is 5.80. The van der Waals surface area contributed by atoms with Crippen LogP contribution in [0.2, 0.25) is 0 Å². The molecule has 5 aromatic rings. The molecule has 8 nitrogen and oxygen atoms in total. The summed E-state index contributed by atoms with van der Waals surface area (Å²) in [5.41, 5.74) is 10.9. The number of para-hydroxylation sites is 1. The summed E-state index contributed by atoms with van der Waals surface area (Å²) in [7, 11) is 3.02. The Hall–Kier alpha value is -5.02. The Balaban J connectivity index is 1.70. The number of nitrogens with one attached hydrogen (secondary N) is 1. The van der Waals surface area contributed by atoms with Crippen LogP contribution in [0, 0.1) is 19.7 Å². The lowest BCUT2D eigenvalue weighted by atomic mass is 9.89. The Morgan fingerprint density at radius 3 is 2.35 bits per heavy atom. The quantitative estimate of drug-likeness (QED) is 0.197. The summed E-state index contributed by atoms with van der Waals surface area (Å²) in [6.45, 7) is 7.20. The number of nitrogens with two attached hydrogens (primary N) is 1. The first-order valence-corrected chi connectivity index (χ1v) is 13.7. The number of nitrogens with zero attached hydrogens (tertiary/aromatic N) is 2. The number of urea groups is 1. The van der Waals surface area contributed by atoms with Gasteiger partial charge in [0.2, 0.25) is 0 Å². The van der Waals surface area contributed by atoms with Crippen molar-refractivity contribution in [3.05, 3.63) is 94.3 Å². The van der Waals surface area contributed by atoms with E-state index < -0.39 is 23.4 Å². The average Bonchev–Trinajstić information content (AvgIpc) is 3.34. The Kier molecular flexibility index (Phi) is 7.31. The van der Waals surface area contributed by atoms with Crippen LogP contribution >= 0.6 is 0 Å². The minimum atomic E-state index is -1.07. The van der Waals surface area contributed by atoms with Crippen molar-refractivity contribution in [3.8, 4) is 11.1 Å². The van der Waals surface area contributed by atoms with Crippen LogP contribution in [0.4, 0.5) is 20.6 Å². The van der Waals surface area contributed by atoms with Gasteiger partial charge < -0.3 is 15.8 Å². The summed E-state index contributed by atoms with van der Waals surface area (Å²) in [6.07, 6.45) is 0.517. The summed E-state index contributed by atoms with van der Waals surface area (Å²) in [4.78, 5) is 43.6. The van der Waals surface area contributed by atoms with Gasteiger partial charge in [0.25, 0.3) is 5.91 Å². The maximum Gasteiger partial charge on any atom is 0.328 e. The van der Waals surface area contributed by atoms with Crippen LogP contribution in [0.25, 0.3) is 32.9 Å². The standard InChI is InChI=1S/C34H33FN4O4/c1-18-15-24(32(36)41)30-29(23-14-13-21(34(3,4)43)16-26(23)37-30)28(18)22-10-8-12-27(19(22)2)38(5)33(42)39(6)31-20(17-40)9-7-11-25(31)35/h7-17,37,43H,1-6H3,(H2,36,41). The third-order valence-electron chi connectivity index (χ3n) is 8.04. The summed E-state index contributed by atoms with van der Waals surface area (Å²) in [5, 5.41) is 12.2. The third kappa shape index (κ3) is 4.91. The highest BCUT2D eigenvalue weighted by Crippen LogP contribution is 2.42. The van der Waals surface area contributed by atoms with Crippen LogP contribution < -0.4 is 15.5 Å². The molecule has 1 aromatic heterocycles. The van der Waals surface area contributed by atoms with Gasteiger partial charge in [-0.2, -0.15) is 0 Å². The van der Waals surface area contributed by atoms with Gasteiger partial charge >= 0.3 is 6.03 Å². The lowest BCUT2D eigenvalue weighted by Gasteiger charge is -2.28. The van der Waals surface area contributed by atoms with Gasteiger partial charge in [0, 0.05) is 41.6 Å². The summed E-state index contributed by atoms with van der Waals surface area (Å²) in [5.74, 6) is -1.26. The molecule has 0 radical (unpaired) electrons. The van der Waals surface area contributed by atoms with Crippen LogP contribution in [-0.4, -0.2) is 42.4 Å². The van der Waals surface area contributed by atoms with Crippen LogP contribution in [0.1, 0.15) is 51.3 Å². The Morgan fingerprint density at radius 1 is 1.00 bits per heavy atom. The molecule has 4 N–H and O–H groups in total. The molecule has 0 aliphatic carbocycles. The molecule has 220 valence electrons. The van der Waals surface area contributed by atoms with Gasteiger partial charge in [0.15, 0.2) is 6.29 Å².